The van der Waals surface area contributed by atoms with E-state index in [4.69, 9.17) is 16.0 Å². The van der Waals surface area contributed by atoms with Crippen LogP contribution in [0.1, 0.15) is 16.7 Å². The van der Waals surface area contributed by atoms with Gasteiger partial charge in [-0.2, -0.15) is 0 Å². The molecule has 6 aromatic rings. The molecule has 0 fully saturated rings. The number of fused-ring (bicyclic) bond motifs is 6. The van der Waals surface area contributed by atoms with Gasteiger partial charge in [-0.15, -0.1) is 0 Å². The minimum Gasteiger partial charge on any atom is -0.455 e. The van der Waals surface area contributed by atoms with Crippen LogP contribution in [0.5, 0.6) is 0 Å². The Balaban J connectivity index is 1.58. The van der Waals surface area contributed by atoms with Gasteiger partial charge in [0, 0.05) is 38.0 Å². The Morgan fingerprint density at radius 1 is 0.559 bits per heavy atom. The van der Waals surface area contributed by atoms with E-state index in [1.165, 1.54) is 0 Å². The number of benzene rings is 5. The van der Waals surface area contributed by atoms with Crippen LogP contribution in [0.3, 0.4) is 0 Å². The molecule has 0 spiro atoms. The van der Waals surface area contributed by atoms with Crippen LogP contribution in [-0.4, -0.2) is 5.11 Å². The van der Waals surface area contributed by atoms with E-state index in [0.717, 1.165) is 60.9 Å². The first kappa shape index (κ1) is 19.6. The molecular weight excluding hydrogens is 440 g/mol. The number of para-hydroxylation sites is 2. The normalized spacial score (nSPS) is 13.8. The lowest BCUT2D eigenvalue weighted by atomic mass is 9.80. The standard InChI is InChI=1S/C31H19ClO2/c32-19-16-17-22(24-11-7-12-25-23-10-3-6-15-29(23)34-30(24)25)28(18-19)31(33)26-13-4-1-8-20(26)21-9-2-5-14-27(21)31/h1-18,33H. The summed E-state index contributed by atoms with van der Waals surface area (Å²) < 4.78 is 6.34. The van der Waals surface area contributed by atoms with E-state index in [-0.39, 0.29) is 0 Å². The summed E-state index contributed by atoms with van der Waals surface area (Å²) in [6.45, 7) is 0. The molecular formula is C31H19ClO2. The minimum absolute atomic E-state index is 0.575. The highest BCUT2D eigenvalue weighted by molar-refractivity contribution is 6.30. The molecule has 0 saturated heterocycles. The van der Waals surface area contributed by atoms with Crippen LogP contribution >= 0.6 is 11.6 Å². The highest BCUT2D eigenvalue weighted by Crippen LogP contribution is 2.53. The maximum Gasteiger partial charge on any atom is 0.143 e. The van der Waals surface area contributed by atoms with Gasteiger partial charge < -0.3 is 9.52 Å². The van der Waals surface area contributed by atoms with Crippen LogP contribution in [-0.2, 0) is 5.60 Å². The van der Waals surface area contributed by atoms with E-state index in [2.05, 4.69) is 24.3 Å². The number of furan rings is 1. The fourth-order valence-corrected chi connectivity index (χ4v) is 5.68. The third-order valence-electron chi connectivity index (χ3n) is 6.99. The third kappa shape index (κ3) is 2.55. The van der Waals surface area contributed by atoms with Gasteiger partial charge in [0.1, 0.15) is 16.8 Å². The Labute approximate surface area is 201 Å². The van der Waals surface area contributed by atoms with Crippen LogP contribution in [0.15, 0.2) is 114 Å². The first-order valence-electron chi connectivity index (χ1n) is 11.3. The first-order valence-corrected chi connectivity index (χ1v) is 11.7. The van der Waals surface area contributed by atoms with Crippen molar-refractivity contribution >= 4 is 33.5 Å². The van der Waals surface area contributed by atoms with E-state index in [1.807, 2.05) is 84.9 Å². The second-order valence-electron chi connectivity index (χ2n) is 8.77. The molecule has 1 aliphatic carbocycles. The second-order valence-corrected chi connectivity index (χ2v) is 9.21. The molecule has 1 heterocycles. The summed E-state index contributed by atoms with van der Waals surface area (Å²) in [7, 11) is 0. The summed E-state index contributed by atoms with van der Waals surface area (Å²) in [4.78, 5) is 0. The first-order chi connectivity index (χ1) is 16.7. The van der Waals surface area contributed by atoms with Gasteiger partial charge in [-0.25, -0.2) is 0 Å². The maximum atomic E-state index is 12.6. The highest BCUT2D eigenvalue weighted by atomic mass is 35.5. The average Bonchev–Trinajstić information content (AvgIpc) is 3.39. The zero-order chi connectivity index (χ0) is 22.9. The summed E-state index contributed by atoms with van der Waals surface area (Å²) in [6.07, 6.45) is 0. The molecule has 7 rings (SSSR count). The van der Waals surface area contributed by atoms with Crippen LogP contribution in [0.2, 0.25) is 5.02 Å². The molecule has 0 saturated carbocycles. The Hall–Kier alpha value is -3.85. The van der Waals surface area contributed by atoms with Crippen molar-refractivity contribution in [2.45, 2.75) is 5.60 Å². The average molecular weight is 459 g/mol. The fraction of sp³-hybridized carbons (Fsp3) is 0.0323. The quantitative estimate of drug-likeness (QED) is 0.284. The molecule has 2 nitrogen and oxygen atoms in total. The molecule has 3 heteroatoms. The van der Waals surface area contributed by atoms with Crippen LogP contribution in [0.4, 0.5) is 0 Å². The molecule has 0 amide bonds. The lowest BCUT2D eigenvalue weighted by Crippen LogP contribution is -2.27. The van der Waals surface area contributed by atoms with E-state index in [1.54, 1.807) is 0 Å². The molecule has 5 aromatic carbocycles. The van der Waals surface area contributed by atoms with Crippen LogP contribution in [0, 0.1) is 0 Å². The summed E-state index contributed by atoms with van der Waals surface area (Å²) >= 11 is 6.55. The molecule has 0 bridgehead atoms. The molecule has 162 valence electrons. The molecule has 34 heavy (non-hydrogen) atoms. The Morgan fingerprint density at radius 2 is 1.15 bits per heavy atom. The summed E-state index contributed by atoms with van der Waals surface area (Å²) in [5, 5.41) is 15.3. The molecule has 1 aromatic heterocycles. The van der Waals surface area contributed by atoms with Crippen molar-refractivity contribution in [2.24, 2.45) is 0 Å². The molecule has 0 aliphatic heterocycles. The van der Waals surface area contributed by atoms with Crippen LogP contribution in [0.25, 0.3) is 44.2 Å². The predicted octanol–water partition coefficient (Wildman–Crippen LogP) is 8.17. The fourth-order valence-electron chi connectivity index (χ4n) is 5.51. The molecule has 1 aliphatic rings. The summed E-state index contributed by atoms with van der Waals surface area (Å²) in [5.74, 6) is 0. The highest BCUT2D eigenvalue weighted by Gasteiger charge is 2.44. The van der Waals surface area contributed by atoms with Crippen molar-refractivity contribution in [2.75, 3.05) is 0 Å². The van der Waals surface area contributed by atoms with Crippen molar-refractivity contribution in [3.05, 3.63) is 131 Å². The zero-order valence-corrected chi connectivity index (χ0v) is 18.9. The largest absolute Gasteiger partial charge is 0.455 e. The number of hydrogen-bond acceptors (Lipinski definition) is 2. The summed E-state index contributed by atoms with van der Waals surface area (Å²) in [6, 6.07) is 36.1. The van der Waals surface area contributed by atoms with Crippen molar-refractivity contribution in [1.29, 1.82) is 0 Å². The summed E-state index contributed by atoms with van der Waals surface area (Å²) in [5.41, 5.74) is 6.65. The van der Waals surface area contributed by atoms with Crippen molar-refractivity contribution in [3.8, 4) is 22.3 Å². The lowest BCUT2D eigenvalue weighted by molar-refractivity contribution is 0.131. The van der Waals surface area contributed by atoms with E-state index in [9.17, 15) is 5.11 Å². The number of rotatable bonds is 2. The van der Waals surface area contributed by atoms with E-state index >= 15 is 0 Å². The number of halogens is 1. The second kappa shape index (κ2) is 7.07. The molecule has 0 radical (unpaired) electrons. The molecule has 1 N–H and O–H groups in total. The van der Waals surface area contributed by atoms with Crippen molar-refractivity contribution in [3.63, 3.8) is 0 Å². The monoisotopic (exact) mass is 458 g/mol. The molecule has 0 atom stereocenters. The van der Waals surface area contributed by atoms with Gasteiger partial charge in [-0.1, -0.05) is 103 Å². The van der Waals surface area contributed by atoms with E-state index in [0.29, 0.717) is 5.02 Å². The smallest absolute Gasteiger partial charge is 0.143 e. The topological polar surface area (TPSA) is 33.4 Å². The Morgan fingerprint density at radius 3 is 1.91 bits per heavy atom. The van der Waals surface area contributed by atoms with Gasteiger partial charge in [0.25, 0.3) is 0 Å². The van der Waals surface area contributed by atoms with Gasteiger partial charge in [0.15, 0.2) is 0 Å². The lowest BCUT2D eigenvalue weighted by Gasteiger charge is -2.29. The van der Waals surface area contributed by atoms with E-state index < -0.39 is 5.60 Å². The molecule has 0 unspecified atom stereocenters. The van der Waals surface area contributed by atoms with Gasteiger partial charge in [0.05, 0.1) is 0 Å². The van der Waals surface area contributed by atoms with Gasteiger partial charge >= 0.3 is 0 Å². The SMILES string of the molecule is OC1(c2cc(Cl)ccc2-c2cccc3c2oc2ccccc23)c2ccccc2-c2ccccc21. The van der Waals surface area contributed by atoms with Gasteiger partial charge in [-0.3, -0.25) is 0 Å². The zero-order valence-electron chi connectivity index (χ0n) is 18.1. The number of hydrogen-bond donors (Lipinski definition) is 1. The van der Waals surface area contributed by atoms with Gasteiger partial charge in [0.2, 0.25) is 0 Å². The number of aliphatic hydroxyl groups is 1. The van der Waals surface area contributed by atoms with Gasteiger partial charge in [-0.05, 0) is 34.9 Å². The van der Waals surface area contributed by atoms with Crippen molar-refractivity contribution in [1.82, 2.24) is 0 Å². The predicted molar refractivity (Wildman–Crippen MR) is 138 cm³/mol. The Kier molecular flexibility index (Phi) is 4.08. The maximum absolute atomic E-state index is 12.6. The Bertz CT molecular complexity index is 1700. The minimum atomic E-state index is -1.35. The van der Waals surface area contributed by atoms with Crippen molar-refractivity contribution < 1.29 is 9.52 Å². The van der Waals surface area contributed by atoms with Crippen LogP contribution < -0.4 is 0 Å². The third-order valence-corrected chi connectivity index (χ3v) is 7.22.